The Balaban J connectivity index is 1.78. The predicted molar refractivity (Wildman–Crippen MR) is 78.7 cm³/mol. The fraction of sp³-hybridized carbons (Fsp3) is 0.933. The summed E-state index contributed by atoms with van der Waals surface area (Å²) in [6.45, 7) is 4.21. The zero-order valence-electron chi connectivity index (χ0n) is 12.0. The van der Waals surface area contributed by atoms with Gasteiger partial charge in [-0.3, -0.25) is 4.79 Å². The highest BCUT2D eigenvalue weighted by Crippen LogP contribution is 2.40. The molecule has 0 radical (unpaired) electrons. The van der Waals surface area contributed by atoms with E-state index in [2.05, 4.69) is 6.92 Å². The Kier molecular flexibility index (Phi) is 6.17. The molecule has 1 unspecified atom stereocenters. The van der Waals surface area contributed by atoms with E-state index in [0.29, 0.717) is 18.8 Å². The Morgan fingerprint density at radius 1 is 1.37 bits per heavy atom. The lowest BCUT2D eigenvalue weighted by molar-refractivity contribution is -0.139. The molecule has 1 spiro atoms. The normalized spacial score (nSPS) is 26.5. The van der Waals surface area contributed by atoms with Crippen molar-refractivity contribution in [2.45, 2.75) is 51.0 Å². The van der Waals surface area contributed by atoms with Crippen molar-refractivity contribution in [3.63, 3.8) is 0 Å². The van der Waals surface area contributed by atoms with E-state index in [9.17, 15) is 4.79 Å². The van der Waals surface area contributed by atoms with Crippen LogP contribution in [0.4, 0.5) is 0 Å². The number of thioether (sulfide) groups is 1. The van der Waals surface area contributed by atoms with Crippen LogP contribution in [-0.4, -0.2) is 42.7 Å². The first-order chi connectivity index (χ1) is 9.26. The van der Waals surface area contributed by atoms with Crippen molar-refractivity contribution in [1.29, 1.82) is 0 Å². The molecule has 0 aliphatic carbocycles. The summed E-state index contributed by atoms with van der Waals surface area (Å²) in [7, 11) is 0. The van der Waals surface area contributed by atoms with Crippen LogP contribution < -0.4 is 0 Å². The van der Waals surface area contributed by atoms with Gasteiger partial charge in [-0.25, -0.2) is 0 Å². The molecule has 0 aromatic carbocycles. The lowest BCUT2D eigenvalue weighted by Gasteiger charge is -2.43. The van der Waals surface area contributed by atoms with Gasteiger partial charge < -0.3 is 9.47 Å². The van der Waals surface area contributed by atoms with Crippen LogP contribution in [0.25, 0.3) is 0 Å². The van der Waals surface area contributed by atoms with Gasteiger partial charge in [-0.1, -0.05) is 6.92 Å². The second-order valence-electron chi connectivity index (χ2n) is 5.66. The van der Waals surface area contributed by atoms with E-state index in [1.165, 1.54) is 11.5 Å². The fourth-order valence-electron chi connectivity index (χ4n) is 3.02. The summed E-state index contributed by atoms with van der Waals surface area (Å²) in [5.41, 5.74) is 0.0219. The zero-order valence-corrected chi connectivity index (χ0v) is 12.8. The Labute approximate surface area is 120 Å². The van der Waals surface area contributed by atoms with Crippen LogP contribution in [0.15, 0.2) is 0 Å². The van der Waals surface area contributed by atoms with Gasteiger partial charge in [0.05, 0.1) is 12.2 Å². The highest BCUT2D eigenvalue weighted by atomic mass is 32.2. The number of rotatable bonds is 6. The molecular weight excluding hydrogens is 260 g/mol. The molecule has 2 rings (SSSR count). The van der Waals surface area contributed by atoms with Crippen LogP contribution in [0.2, 0.25) is 0 Å². The molecule has 0 amide bonds. The quantitative estimate of drug-likeness (QED) is 0.703. The maximum atomic E-state index is 12.2. The van der Waals surface area contributed by atoms with Crippen molar-refractivity contribution in [2.24, 2.45) is 5.92 Å². The standard InChI is InChI=1S/C15H26O3S/c1-2-7-17-8-4-14(16)13-3-9-18-15(12-13)5-10-19-11-6-15/h13H,2-12H2,1H3. The van der Waals surface area contributed by atoms with Gasteiger partial charge in [0.15, 0.2) is 0 Å². The summed E-state index contributed by atoms with van der Waals surface area (Å²) in [5, 5.41) is 0. The lowest BCUT2D eigenvalue weighted by atomic mass is 9.79. The van der Waals surface area contributed by atoms with Crippen molar-refractivity contribution >= 4 is 17.5 Å². The monoisotopic (exact) mass is 286 g/mol. The largest absolute Gasteiger partial charge is 0.381 e. The molecule has 2 saturated heterocycles. The molecule has 0 aromatic rings. The smallest absolute Gasteiger partial charge is 0.138 e. The van der Waals surface area contributed by atoms with Gasteiger partial charge in [-0.2, -0.15) is 11.8 Å². The molecule has 2 fully saturated rings. The van der Waals surface area contributed by atoms with Crippen LogP contribution in [0.1, 0.15) is 45.4 Å². The summed E-state index contributed by atoms with van der Waals surface area (Å²) in [6, 6.07) is 0. The van der Waals surface area contributed by atoms with Gasteiger partial charge in [-0.15, -0.1) is 0 Å². The van der Waals surface area contributed by atoms with Crippen LogP contribution in [-0.2, 0) is 14.3 Å². The molecule has 0 saturated carbocycles. The predicted octanol–water partition coefficient (Wildman–Crippen LogP) is 3.06. The number of hydrogen-bond donors (Lipinski definition) is 0. The molecule has 2 aliphatic rings. The summed E-state index contributed by atoms with van der Waals surface area (Å²) < 4.78 is 11.5. The van der Waals surface area contributed by atoms with Gasteiger partial charge in [0.1, 0.15) is 5.78 Å². The minimum atomic E-state index is 0.0219. The molecule has 2 heterocycles. The summed E-state index contributed by atoms with van der Waals surface area (Å²) >= 11 is 2.01. The maximum absolute atomic E-state index is 12.2. The van der Waals surface area contributed by atoms with E-state index < -0.39 is 0 Å². The van der Waals surface area contributed by atoms with Gasteiger partial charge in [0, 0.05) is 25.6 Å². The van der Waals surface area contributed by atoms with E-state index in [-0.39, 0.29) is 11.5 Å². The number of Topliss-reactive ketones (excluding diaryl/α,β-unsaturated/α-hetero) is 1. The maximum Gasteiger partial charge on any atom is 0.138 e. The number of carbonyl (C=O) groups excluding carboxylic acids is 1. The van der Waals surface area contributed by atoms with E-state index >= 15 is 0 Å². The Bertz CT molecular complexity index is 282. The minimum absolute atomic E-state index is 0.0219. The van der Waals surface area contributed by atoms with Crippen LogP contribution in [0, 0.1) is 5.92 Å². The second-order valence-corrected chi connectivity index (χ2v) is 6.89. The fourth-order valence-corrected chi connectivity index (χ4v) is 4.25. The molecule has 1 atom stereocenters. The second kappa shape index (κ2) is 7.65. The topological polar surface area (TPSA) is 35.5 Å². The van der Waals surface area contributed by atoms with Gasteiger partial charge >= 0.3 is 0 Å². The highest BCUT2D eigenvalue weighted by Gasteiger charge is 2.40. The molecule has 19 heavy (non-hydrogen) atoms. The highest BCUT2D eigenvalue weighted by molar-refractivity contribution is 7.99. The number of ether oxygens (including phenoxy) is 2. The SMILES string of the molecule is CCCOCCC(=O)C1CCOC2(CCSCC2)C1. The first-order valence-corrected chi connectivity index (χ1v) is 8.73. The van der Waals surface area contributed by atoms with Crippen LogP contribution >= 0.6 is 11.8 Å². The Morgan fingerprint density at radius 2 is 2.16 bits per heavy atom. The average Bonchev–Trinajstić information content (AvgIpc) is 2.44. The molecule has 0 N–H and O–H groups in total. The molecular formula is C15H26O3S. The minimum Gasteiger partial charge on any atom is -0.381 e. The summed E-state index contributed by atoms with van der Waals surface area (Å²) in [5.74, 6) is 2.96. The molecule has 0 bridgehead atoms. The van der Waals surface area contributed by atoms with Gasteiger partial charge in [0.2, 0.25) is 0 Å². The number of ketones is 1. The lowest BCUT2D eigenvalue weighted by Crippen LogP contribution is -2.44. The number of carbonyl (C=O) groups is 1. The van der Waals surface area contributed by atoms with Crippen molar-refractivity contribution < 1.29 is 14.3 Å². The van der Waals surface area contributed by atoms with E-state index in [4.69, 9.17) is 9.47 Å². The van der Waals surface area contributed by atoms with Gasteiger partial charge in [0.25, 0.3) is 0 Å². The Hall–Kier alpha value is -0.0600. The first-order valence-electron chi connectivity index (χ1n) is 7.58. The average molecular weight is 286 g/mol. The Morgan fingerprint density at radius 3 is 2.89 bits per heavy atom. The van der Waals surface area contributed by atoms with Crippen LogP contribution in [0.3, 0.4) is 0 Å². The third kappa shape index (κ3) is 4.47. The third-order valence-corrected chi connectivity index (χ3v) is 5.18. The van der Waals surface area contributed by atoms with Crippen LogP contribution in [0.5, 0.6) is 0 Å². The van der Waals surface area contributed by atoms with E-state index in [1.54, 1.807) is 0 Å². The van der Waals surface area contributed by atoms with Gasteiger partial charge in [-0.05, 0) is 43.6 Å². The first kappa shape index (κ1) is 15.3. The molecule has 110 valence electrons. The van der Waals surface area contributed by atoms with Crippen molar-refractivity contribution in [1.82, 2.24) is 0 Å². The molecule has 0 aromatic heterocycles. The number of hydrogen-bond acceptors (Lipinski definition) is 4. The summed E-state index contributed by atoms with van der Waals surface area (Å²) in [4.78, 5) is 12.2. The van der Waals surface area contributed by atoms with Crippen molar-refractivity contribution in [2.75, 3.05) is 31.3 Å². The van der Waals surface area contributed by atoms with E-state index in [0.717, 1.165) is 45.3 Å². The molecule has 4 heteroatoms. The van der Waals surface area contributed by atoms with Crippen molar-refractivity contribution in [3.05, 3.63) is 0 Å². The third-order valence-electron chi connectivity index (χ3n) is 4.19. The summed E-state index contributed by atoms with van der Waals surface area (Å²) in [6.07, 6.45) is 5.69. The molecule has 2 aliphatic heterocycles. The van der Waals surface area contributed by atoms with Crippen molar-refractivity contribution in [3.8, 4) is 0 Å². The van der Waals surface area contributed by atoms with E-state index in [1.807, 2.05) is 11.8 Å². The zero-order chi connectivity index (χ0) is 13.6. The molecule has 3 nitrogen and oxygen atoms in total.